The van der Waals surface area contributed by atoms with Crippen LogP contribution in [-0.2, 0) is 6.54 Å². The summed E-state index contributed by atoms with van der Waals surface area (Å²) in [6.07, 6.45) is 3.03. The lowest BCUT2D eigenvalue weighted by Crippen LogP contribution is -2.32. The van der Waals surface area contributed by atoms with Crippen LogP contribution in [0.15, 0.2) is 36.5 Å². The van der Waals surface area contributed by atoms with Crippen LogP contribution in [0.1, 0.15) is 26.0 Å². The molecule has 2 aromatic rings. The van der Waals surface area contributed by atoms with Gasteiger partial charge in [-0.3, -0.25) is 0 Å². The Kier molecular flexibility index (Phi) is 6.37. The van der Waals surface area contributed by atoms with Crippen molar-refractivity contribution in [2.24, 2.45) is 0 Å². The average molecular weight is 287 g/mol. The summed E-state index contributed by atoms with van der Waals surface area (Å²) in [6, 6.07) is 9.97. The molecule has 2 rings (SSSR count). The van der Waals surface area contributed by atoms with E-state index in [4.69, 9.17) is 0 Å². The van der Waals surface area contributed by atoms with Crippen molar-refractivity contribution in [1.82, 2.24) is 25.2 Å². The zero-order valence-electron chi connectivity index (χ0n) is 13.0. The zero-order chi connectivity index (χ0) is 14.9. The van der Waals surface area contributed by atoms with Crippen LogP contribution in [0.3, 0.4) is 0 Å². The Morgan fingerprint density at radius 2 is 1.95 bits per heavy atom. The van der Waals surface area contributed by atoms with Gasteiger partial charge in [-0.05, 0) is 31.6 Å². The highest BCUT2D eigenvalue weighted by Gasteiger charge is 2.03. The predicted octanol–water partition coefficient (Wildman–Crippen LogP) is 2.09. The number of aromatic nitrogens is 3. The second kappa shape index (κ2) is 8.54. The fourth-order valence-corrected chi connectivity index (χ4v) is 2.26. The van der Waals surface area contributed by atoms with Crippen LogP contribution in [0.4, 0.5) is 0 Å². The average Bonchev–Trinajstić information content (AvgIpc) is 3.00. The van der Waals surface area contributed by atoms with Gasteiger partial charge in [-0.1, -0.05) is 32.0 Å². The predicted molar refractivity (Wildman–Crippen MR) is 85.5 cm³/mol. The third kappa shape index (κ3) is 4.95. The number of hydrogen-bond donors (Lipinski definition) is 1. The van der Waals surface area contributed by atoms with Gasteiger partial charge in [0.05, 0.1) is 17.6 Å². The minimum Gasteiger partial charge on any atom is -0.310 e. The summed E-state index contributed by atoms with van der Waals surface area (Å²) < 4.78 is 0. The molecular weight excluding hydrogens is 262 g/mol. The van der Waals surface area contributed by atoms with Crippen LogP contribution >= 0.6 is 0 Å². The van der Waals surface area contributed by atoms with E-state index >= 15 is 0 Å². The van der Waals surface area contributed by atoms with Gasteiger partial charge in [-0.25, -0.2) is 0 Å². The highest BCUT2D eigenvalue weighted by atomic mass is 15.5. The van der Waals surface area contributed by atoms with Gasteiger partial charge in [0.15, 0.2) is 0 Å². The van der Waals surface area contributed by atoms with Gasteiger partial charge in [0.25, 0.3) is 0 Å². The standard InChI is InChI=1S/C16H25N5/c1-3-11-20(4-2)12-10-17-13-15-14-18-21(19-15)16-8-6-5-7-9-16/h5-9,14,17H,3-4,10-13H2,1-2H3. The molecule has 0 saturated heterocycles. The van der Waals surface area contributed by atoms with Crippen LogP contribution in [0, 0.1) is 0 Å². The monoisotopic (exact) mass is 287 g/mol. The van der Waals surface area contributed by atoms with E-state index in [0.717, 1.165) is 37.6 Å². The molecule has 21 heavy (non-hydrogen) atoms. The van der Waals surface area contributed by atoms with Gasteiger partial charge >= 0.3 is 0 Å². The molecule has 0 saturated carbocycles. The molecular formula is C16H25N5. The molecule has 0 aliphatic heterocycles. The van der Waals surface area contributed by atoms with E-state index in [1.54, 1.807) is 4.80 Å². The Bertz CT molecular complexity index is 508. The summed E-state index contributed by atoms with van der Waals surface area (Å²) in [5, 5.41) is 12.2. The molecule has 5 nitrogen and oxygen atoms in total. The van der Waals surface area contributed by atoms with Crippen molar-refractivity contribution >= 4 is 0 Å². The Labute approximate surface area is 127 Å². The number of para-hydroxylation sites is 1. The van der Waals surface area contributed by atoms with Crippen molar-refractivity contribution in [1.29, 1.82) is 0 Å². The Balaban J connectivity index is 1.76. The van der Waals surface area contributed by atoms with Crippen molar-refractivity contribution < 1.29 is 0 Å². The number of hydrogen-bond acceptors (Lipinski definition) is 4. The largest absolute Gasteiger partial charge is 0.310 e. The van der Waals surface area contributed by atoms with Crippen LogP contribution in [0.2, 0.25) is 0 Å². The topological polar surface area (TPSA) is 46.0 Å². The summed E-state index contributed by atoms with van der Waals surface area (Å²) in [5.41, 5.74) is 1.96. The first-order chi connectivity index (χ1) is 10.3. The van der Waals surface area contributed by atoms with Gasteiger partial charge < -0.3 is 10.2 Å². The molecule has 0 aliphatic carbocycles. The maximum Gasteiger partial charge on any atom is 0.0969 e. The van der Waals surface area contributed by atoms with E-state index in [2.05, 4.69) is 34.3 Å². The van der Waals surface area contributed by atoms with Crippen molar-refractivity contribution in [3.8, 4) is 5.69 Å². The number of likely N-dealkylation sites (N-methyl/N-ethyl adjacent to an activating group) is 1. The summed E-state index contributed by atoms with van der Waals surface area (Å²) in [7, 11) is 0. The van der Waals surface area contributed by atoms with Gasteiger partial charge in [-0.2, -0.15) is 15.0 Å². The van der Waals surface area contributed by atoms with E-state index < -0.39 is 0 Å². The molecule has 0 unspecified atom stereocenters. The fraction of sp³-hybridized carbons (Fsp3) is 0.500. The quantitative estimate of drug-likeness (QED) is 0.717. The minimum absolute atomic E-state index is 0.760. The SMILES string of the molecule is CCCN(CC)CCNCc1cnn(-c2ccccc2)n1. The maximum absolute atomic E-state index is 4.48. The summed E-state index contributed by atoms with van der Waals surface area (Å²) in [4.78, 5) is 4.13. The molecule has 0 amide bonds. The van der Waals surface area contributed by atoms with Crippen molar-refractivity contribution in [2.75, 3.05) is 26.2 Å². The molecule has 0 aliphatic rings. The van der Waals surface area contributed by atoms with Crippen LogP contribution in [0.25, 0.3) is 5.69 Å². The molecule has 0 spiro atoms. The first kappa shape index (κ1) is 15.7. The molecule has 1 N–H and O–H groups in total. The van der Waals surface area contributed by atoms with Gasteiger partial charge in [0.2, 0.25) is 0 Å². The fourth-order valence-electron chi connectivity index (χ4n) is 2.26. The van der Waals surface area contributed by atoms with Crippen LogP contribution in [-0.4, -0.2) is 46.1 Å². The lowest BCUT2D eigenvalue weighted by molar-refractivity contribution is 0.287. The van der Waals surface area contributed by atoms with Crippen LogP contribution < -0.4 is 5.32 Å². The highest BCUT2D eigenvalue weighted by molar-refractivity contribution is 5.28. The first-order valence-corrected chi connectivity index (χ1v) is 7.73. The molecule has 5 heteroatoms. The molecule has 0 bridgehead atoms. The molecule has 0 fully saturated rings. The third-order valence-corrected chi connectivity index (χ3v) is 3.42. The number of rotatable bonds is 9. The lowest BCUT2D eigenvalue weighted by atomic mass is 10.3. The summed E-state index contributed by atoms with van der Waals surface area (Å²) >= 11 is 0. The van der Waals surface area contributed by atoms with Crippen molar-refractivity contribution in [3.63, 3.8) is 0 Å². The minimum atomic E-state index is 0.760. The number of nitrogens with zero attached hydrogens (tertiary/aromatic N) is 4. The summed E-state index contributed by atoms with van der Waals surface area (Å²) in [6.45, 7) is 9.53. The molecule has 1 heterocycles. The molecule has 1 aromatic heterocycles. The molecule has 0 atom stereocenters. The van der Waals surface area contributed by atoms with Crippen LogP contribution in [0.5, 0.6) is 0 Å². The van der Waals surface area contributed by atoms with E-state index in [9.17, 15) is 0 Å². The van der Waals surface area contributed by atoms with E-state index in [1.165, 1.54) is 13.0 Å². The Morgan fingerprint density at radius 1 is 1.14 bits per heavy atom. The van der Waals surface area contributed by atoms with Crippen molar-refractivity contribution in [2.45, 2.75) is 26.8 Å². The smallest absolute Gasteiger partial charge is 0.0969 e. The highest BCUT2D eigenvalue weighted by Crippen LogP contribution is 2.03. The maximum atomic E-state index is 4.48. The molecule has 114 valence electrons. The number of nitrogens with one attached hydrogen (secondary N) is 1. The Hall–Kier alpha value is -1.72. The van der Waals surface area contributed by atoms with Crippen molar-refractivity contribution in [3.05, 3.63) is 42.2 Å². The van der Waals surface area contributed by atoms with E-state index in [0.29, 0.717) is 0 Å². The van der Waals surface area contributed by atoms with E-state index in [1.807, 2.05) is 36.5 Å². The Morgan fingerprint density at radius 3 is 2.67 bits per heavy atom. The third-order valence-electron chi connectivity index (χ3n) is 3.42. The zero-order valence-corrected chi connectivity index (χ0v) is 13.0. The van der Waals surface area contributed by atoms with Gasteiger partial charge in [0, 0.05) is 19.6 Å². The van der Waals surface area contributed by atoms with Gasteiger partial charge in [0.1, 0.15) is 0 Å². The molecule has 1 aromatic carbocycles. The summed E-state index contributed by atoms with van der Waals surface area (Å²) in [5.74, 6) is 0. The normalized spacial score (nSPS) is 11.2. The van der Waals surface area contributed by atoms with E-state index in [-0.39, 0.29) is 0 Å². The first-order valence-electron chi connectivity index (χ1n) is 7.73. The molecule has 0 radical (unpaired) electrons. The second-order valence-electron chi connectivity index (χ2n) is 5.07. The number of benzene rings is 1. The van der Waals surface area contributed by atoms with Gasteiger partial charge in [-0.15, -0.1) is 0 Å². The lowest BCUT2D eigenvalue weighted by Gasteiger charge is -2.19. The second-order valence-corrected chi connectivity index (χ2v) is 5.07.